The SMILES string of the molecule is O=[N+]([O-])C1=C(NCCSCc2ncccc2Cl)NCC1. The number of hydrogen-bond acceptors (Lipinski definition) is 6. The molecule has 0 unspecified atom stereocenters. The molecule has 1 aromatic heterocycles. The summed E-state index contributed by atoms with van der Waals surface area (Å²) in [6, 6.07) is 3.62. The molecule has 0 atom stereocenters. The highest BCUT2D eigenvalue weighted by atomic mass is 35.5. The fourth-order valence-corrected chi connectivity index (χ4v) is 2.90. The van der Waals surface area contributed by atoms with Gasteiger partial charge in [0.2, 0.25) is 0 Å². The van der Waals surface area contributed by atoms with Crippen LogP contribution in [0, 0.1) is 10.1 Å². The number of hydrogen-bond donors (Lipinski definition) is 2. The van der Waals surface area contributed by atoms with Crippen molar-refractivity contribution in [1.29, 1.82) is 0 Å². The predicted octanol–water partition coefficient (Wildman–Crippen LogP) is 2.00. The number of nitro groups is 1. The molecule has 108 valence electrons. The van der Waals surface area contributed by atoms with E-state index in [9.17, 15) is 10.1 Å². The normalized spacial score (nSPS) is 14.2. The molecule has 2 heterocycles. The summed E-state index contributed by atoms with van der Waals surface area (Å²) in [5, 5.41) is 17.5. The fourth-order valence-electron chi connectivity index (χ4n) is 1.82. The molecule has 1 aliphatic heterocycles. The summed E-state index contributed by atoms with van der Waals surface area (Å²) in [5.74, 6) is 2.10. The lowest BCUT2D eigenvalue weighted by molar-refractivity contribution is -0.427. The van der Waals surface area contributed by atoms with Crippen LogP contribution in [0.1, 0.15) is 12.1 Å². The summed E-state index contributed by atoms with van der Waals surface area (Å²) < 4.78 is 0. The molecule has 0 bridgehead atoms. The summed E-state index contributed by atoms with van der Waals surface area (Å²) in [7, 11) is 0. The number of nitrogens with zero attached hydrogens (tertiary/aromatic N) is 2. The summed E-state index contributed by atoms with van der Waals surface area (Å²) in [4.78, 5) is 14.6. The van der Waals surface area contributed by atoms with Gasteiger partial charge in [-0.15, -0.1) is 0 Å². The Balaban J connectivity index is 1.71. The molecule has 0 aromatic carbocycles. The van der Waals surface area contributed by atoms with Crippen LogP contribution in [0.2, 0.25) is 5.02 Å². The third-order valence-electron chi connectivity index (χ3n) is 2.79. The minimum atomic E-state index is -0.330. The number of thioether (sulfide) groups is 1. The number of halogens is 1. The smallest absolute Gasteiger partial charge is 0.287 e. The van der Waals surface area contributed by atoms with Crippen molar-refractivity contribution >= 4 is 23.4 Å². The second kappa shape index (κ2) is 7.35. The average molecular weight is 315 g/mol. The zero-order chi connectivity index (χ0) is 14.4. The third kappa shape index (κ3) is 4.01. The van der Waals surface area contributed by atoms with Gasteiger partial charge in [-0.25, -0.2) is 0 Å². The van der Waals surface area contributed by atoms with E-state index in [1.54, 1.807) is 24.0 Å². The summed E-state index contributed by atoms with van der Waals surface area (Å²) in [6.07, 6.45) is 2.18. The number of nitrogens with one attached hydrogen (secondary N) is 2. The second-order valence-electron chi connectivity index (χ2n) is 4.17. The fraction of sp³-hybridized carbons (Fsp3) is 0.417. The van der Waals surface area contributed by atoms with E-state index in [0.717, 1.165) is 17.2 Å². The van der Waals surface area contributed by atoms with Crippen LogP contribution < -0.4 is 10.6 Å². The molecule has 0 radical (unpaired) electrons. The van der Waals surface area contributed by atoms with Crippen LogP contribution in [0.3, 0.4) is 0 Å². The second-order valence-corrected chi connectivity index (χ2v) is 5.68. The van der Waals surface area contributed by atoms with Crippen molar-refractivity contribution in [3.63, 3.8) is 0 Å². The van der Waals surface area contributed by atoms with Crippen LogP contribution in [0.15, 0.2) is 29.8 Å². The Labute approximate surface area is 126 Å². The minimum absolute atomic E-state index is 0.239. The molecule has 0 saturated heterocycles. The number of pyridine rings is 1. The van der Waals surface area contributed by atoms with E-state index in [2.05, 4.69) is 15.6 Å². The molecular formula is C12H15ClN4O2S. The molecule has 6 nitrogen and oxygen atoms in total. The molecule has 20 heavy (non-hydrogen) atoms. The Morgan fingerprint density at radius 2 is 2.45 bits per heavy atom. The van der Waals surface area contributed by atoms with Crippen LogP contribution >= 0.6 is 23.4 Å². The third-order valence-corrected chi connectivity index (χ3v) is 4.11. The van der Waals surface area contributed by atoms with Crippen LogP contribution in [-0.4, -0.2) is 28.7 Å². The standard InChI is InChI=1S/C12H15ClN4O2S/c13-9-2-1-4-14-10(9)8-20-7-6-16-12-11(17(18)19)3-5-15-12/h1-2,4,15-16H,3,5-8H2. The van der Waals surface area contributed by atoms with Crippen LogP contribution in [0.5, 0.6) is 0 Å². The van der Waals surface area contributed by atoms with E-state index in [-0.39, 0.29) is 10.6 Å². The van der Waals surface area contributed by atoms with E-state index < -0.39 is 0 Å². The van der Waals surface area contributed by atoms with Crippen molar-refractivity contribution in [3.8, 4) is 0 Å². The lowest BCUT2D eigenvalue weighted by Gasteiger charge is -2.07. The van der Waals surface area contributed by atoms with Crippen LogP contribution in [0.4, 0.5) is 0 Å². The van der Waals surface area contributed by atoms with Crippen molar-refractivity contribution < 1.29 is 4.92 Å². The van der Waals surface area contributed by atoms with Gasteiger partial charge >= 0.3 is 0 Å². The molecule has 1 aliphatic rings. The van der Waals surface area contributed by atoms with Crippen LogP contribution in [-0.2, 0) is 5.75 Å². The first kappa shape index (κ1) is 14.9. The Bertz CT molecular complexity index is 524. The van der Waals surface area contributed by atoms with E-state index in [4.69, 9.17) is 11.6 Å². The van der Waals surface area contributed by atoms with Gasteiger partial charge in [-0.3, -0.25) is 15.1 Å². The Hall–Kier alpha value is -1.47. The highest BCUT2D eigenvalue weighted by molar-refractivity contribution is 7.98. The highest BCUT2D eigenvalue weighted by Crippen LogP contribution is 2.18. The van der Waals surface area contributed by atoms with Crippen molar-refractivity contribution in [1.82, 2.24) is 15.6 Å². The van der Waals surface area contributed by atoms with Gasteiger partial charge in [-0.2, -0.15) is 11.8 Å². The molecule has 2 N–H and O–H groups in total. The molecule has 0 aliphatic carbocycles. The van der Waals surface area contributed by atoms with E-state index in [1.807, 2.05) is 6.07 Å². The maximum absolute atomic E-state index is 10.8. The van der Waals surface area contributed by atoms with Gasteiger partial charge in [0, 0.05) is 30.8 Å². The number of rotatable bonds is 7. The molecule has 0 saturated carbocycles. The van der Waals surface area contributed by atoms with Gasteiger partial charge in [0.05, 0.1) is 22.1 Å². The zero-order valence-electron chi connectivity index (χ0n) is 10.8. The molecule has 2 rings (SSSR count). The zero-order valence-corrected chi connectivity index (χ0v) is 12.3. The van der Waals surface area contributed by atoms with Gasteiger partial charge in [-0.05, 0) is 12.1 Å². The largest absolute Gasteiger partial charge is 0.366 e. The first-order valence-electron chi connectivity index (χ1n) is 6.21. The van der Waals surface area contributed by atoms with Crippen molar-refractivity contribution in [2.24, 2.45) is 0 Å². The molecule has 0 fully saturated rings. The Kier molecular flexibility index (Phi) is 5.49. The molecule has 0 amide bonds. The van der Waals surface area contributed by atoms with Crippen molar-refractivity contribution in [2.45, 2.75) is 12.2 Å². The molecular weight excluding hydrogens is 300 g/mol. The van der Waals surface area contributed by atoms with Gasteiger partial charge in [-0.1, -0.05) is 11.6 Å². The van der Waals surface area contributed by atoms with E-state index in [1.165, 1.54) is 0 Å². The van der Waals surface area contributed by atoms with E-state index >= 15 is 0 Å². The molecule has 0 spiro atoms. The Morgan fingerprint density at radius 1 is 1.60 bits per heavy atom. The van der Waals surface area contributed by atoms with E-state index in [0.29, 0.717) is 30.4 Å². The lowest BCUT2D eigenvalue weighted by Crippen LogP contribution is -2.26. The minimum Gasteiger partial charge on any atom is -0.366 e. The maximum atomic E-state index is 10.8. The lowest BCUT2D eigenvalue weighted by atomic mass is 10.4. The molecule has 8 heteroatoms. The summed E-state index contributed by atoms with van der Waals surface area (Å²) >= 11 is 7.69. The quantitative estimate of drug-likeness (QED) is 0.455. The van der Waals surface area contributed by atoms with Crippen molar-refractivity contribution in [2.75, 3.05) is 18.8 Å². The van der Waals surface area contributed by atoms with Crippen LogP contribution in [0.25, 0.3) is 0 Å². The first-order chi connectivity index (χ1) is 9.68. The first-order valence-corrected chi connectivity index (χ1v) is 7.74. The predicted molar refractivity (Wildman–Crippen MR) is 80.1 cm³/mol. The number of aromatic nitrogens is 1. The topological polar surface area (TPSA) is 80.1 Å². The highest BCUT2D eigenvalue weighted by Gasteiger charge is 2.23. The molecule has 1 aromatic rings. The summed E-state index contributed by atoms with van der Waals surface area (Å²) in [6.45, 7) is 1.28. The Morgan fingerprint density at radius 3 is 3.20 bits per heavy atom. The maximum Gasteiger partial charge on any atom is 0.287 e. The van der Waals surface area contributed by atoms with Gasteiger partial charge in [0.25, 0.3) is 5.70 Å². The van der Waals surface area contributed by atoms with Gasteiger partial charge in [0.15, 0.2) is 5.82 Å². The van der Waals surface area contributed by atoms with Gasteiger partial charge in [0.1, 0.15) is 0 Å². The van der Waals surface area contributed by atoms with Crippen molar-refractivity contribution in [3.05, 3.63) is 50.7 Å². The average Bonchev–Trinajstić information content (AvgIpc) is 2.89. The monoisotopic (exact) mass is 314 g/mol. The van der Waals surface area contributed by atoms with Gasteiger partial charge < -0.3 is 10.6 Å². The summed E-state index contributed by atoms with van der Waals surface area (Å²) in [5.41, 5.74) is 1.10.